The van der Waals surface area contributed by atoms with Crippen LogP contribution in [0.4, 0.5) is 4.39 Å². The van der Waals surface area contributed by atoms with E-state index in [9.17, 15) is 9.50 Å². The van der Waals surface area contributed by atoms with Gasteiger partial charge in [-0.3, -0.25) is 0 Å². The van der Waals surface area contributed by atoms with Crippen LogP contribution < -0.4 is 5.32 Å². The number of piperidine rings is 1. The summed E-state index contributed by atoms with van der Waals surface area (Å²) in [6, 6.07) is 4.60. The lowest BCUT2D eigenvalue weighted by Gasteiger charge is -2.33. The van der Waals surface area contributed by atoms with Crippen LogP contribution in [-0.4, -0.2) is 23.8 Å². The largest absolute Gasteiger partial charge is 0.388 e. The Morgan fingerprint density at radius 3 is 2.94 bits per heavy atom. The summed E-state index contributed by atoms with van der Waals surface area (Å²) < 4.78 is 13.6. The molecular formula is C12H15ClFNO. The van der Waals surface area contributed by atoms with Crippen LogP contribution in [0, 0.1) is 5.82 Å². The van der Waals surface area contributed by atoms with E-state index in [0.29, 0.717) is 23.6 Å². The Hall–Kier alpha value is -0.640. The van der Waals surface area contributed by atoms with Gasteiger partial charge in [0, 0.05) is 23.6 Å². The number of hydrogen-bond donors (Lipinski definition) is 2. The molecule has 1 aromatic rings. The van der Waals surface area contributed by atoms with E-state index >= 15 is 0 Å². The van der Waals surface area contributed by atoms with E-state index in [0.717, 1.165) is 13.0 Å². The lowest BCUT2D eigenvalue weighted by atomic mass is 9.87. The molecule has 0 saturated carbocycles. The third-order valence-corrected chi connectivity index (χ3v) is 3.37. The summed E-state index contributed by atoms with van der Waals surface area (Å²) in [6.07, 6.45) is 1.86. The summed E-state index contributed by atoms with van der Waals surface area (Å²) in [6.45, 7) is 1.41. The molecule has 2 N–H and O–H groups in total. The maximum Gasteiger partial charge on any atom is 0.127 e. The highest BCUT2D eigenvalue weighted by Gasteiger charge is 2.31. The molecule has 0 spiro atoms. The number of hydrogen-bond acceptors (Lipinski definition) is 2. The van der Waals surface area contributed by atoms with Crippen LogP contribution in [0.15, 0.2) is 18.2 Å². The van der Waals surface area contributed by atoms with Crippen molar-refractivity contribution in [2.45, 2.75) is 24.9 Å². The molecule has 1 atom stereocenters. The van der Waals surface area contributed by atoms with E-state index in [1.54, 1.807) is 12.1 Å². The van der Waals surface area contributed by atoms with Crippen LogP contribution in [0.2, 0.25) is 5.02 Å². The quantitative estimate of drug-likeness (QED) is 0.834. The molecule has 88 valence electrons. The van der Waals surface area contributed by atoms with E-state index in [4.69, 9.17) is 11.6 Å². The molecule has 1 saturated heterocycles. The maximum absolute atomic E-state index is 13.6. The summed E-state index contributed by atoms with van der Waals surface area (Å²) >= 11 is 5.94. The normalized spacial score (nSPS) is 25.7. The van der Waals surface area contributed by atoms with Gasteiger partial charge >= 0.3 is 0 Å². The zero-order valence-corrected chi connectivity index (χ0v) is 9.73. The lowest BCUT2D eigenvalue weighted by Crippen LogP contribution is -2.47. The van der Waals surface area contributed by atoms with Crippen LogP contribution in [-0.2, 0) is 6.42 Å². The molecule has 0 bridgehead atoms. The van der Waals surface area contributed by atoms with Gasteiger partial charge in [-0.1, -0.05) is 17.7 Å². The zero-order chi connectivity index (χ0) is 11.6. The standard InChI is InChI=1S/C12H15ClFNO/c13-10-3-1-4-11(14)9(10)7-12(16)5-2-6-15-8-12/h1,3-4,15-16H,2,5-8H2. The van der Waals surface area contributed by atoms with Gasteiger partial charge in [-0.25, -0.2) is 4.39 Å². The first kappa shape index (κ1) is 11.8. The number of aliphatic hydroxyl groups is 1. The van der Waals surface area contributed by atoms with Crippen molar-refractivity contribution in [3.63, 3.8) is 0 Å². The van der Waals surface area contributed by atoms with Gasteiger partial charge in [-0.05, 0) is 31.5 Å². The topological polar surface area (TPSA) is 32.3 Å². The van der Waals surface area contributed by atoms with Crippen LogP contribution >= 0.6 is 11.6 Å². The molecule has 1 fully saturated rings. The van der Waals surface area contributed by atoms with Gasteiger partial charge in [0.2, 0.25) is 0 Å². The predicted molar refractivity (Wildman–Crippen MR) is 62.2 cm³/mol. The molecule has 0 radical (unpaired) electrons. The highest BCUT2D eigenvalue weighted by molar-refractivity contribution is 6.31. The van der Waals surface area contributed by atoms with Gasteiger partial charge in [0.05, 0.1) is 5.60 Å². The second-order valence-electron chi connectivity index (χ2n) is 4.38. The second kappa shape index (κ2) is 4.70. The van der Waals surface area contributed by atoms with Crippen molar-refractivity contribution >= 4 is 11.6 Å². The summed E-state index contributed by atoms with van der Waals surface area (Å²) in [7, 11) is 0. The van der Waals surface area contributed by atoms with Gasteiger partial charge in [0.1, 0.15) is 5.82 Å². The monoisotopic (exact) mass is 243 g/mol. The van der Waals surface area contributed by atoms with Crippen molar-refractivity contribution in [1.29, 1.82) is 0 Å². The van der Waals surface area contributed by atoms with E-state index < -0.39 is 5.60 Å². The second-order valence-corrected chi connectivity index (χ2v) is 4.79. The average molecular weight is 244 g/mol. The SMILES string of the molecule is OC1(Cc2c(F)cccc2Cl)CCCNC1. The number of β-amino-alcohol motifs (C(OH)–C–C–N with tert-alkyl or cyclic N) is 1. The number of halogens is 2. The van der Waals surface area contributed by atoms with E-state index in [-0.39, 0.29) is 12.2 Å². The molecule has 2 nitrogen and oxygen atoms in total. The number of benzene rings is 1. The summed E-state index contributed by atoms with van der Waals surface area (Å²) in [4.78, 5) is 0. The van der Waals surface area contributed by atoms with Crippen LogP contribution in [0.25, 0.3) is 0 Å². The van der Waals surface area contributed by atoms with Crippen LogP contribution in [0.5, 0.6) is 0 Å². The Morgan fingerprint density at radius 2 is 2.31 bits per heavy atom. The van der Waals surface area contributed by atoms with Gasteiger partial charge < -0.3 is 10.4 Å². The summed E-state index contributed by atoms with van der Waals surface area (Å²) in [5.41, 5.74) is -0.459. The number of rotatable bonds is 2. The minimum atomic E-state index is -0.871. The fourth-order valence-corrected chi connectivity index (χ4v) is 2.36. The van der Waals surface area contributed by atoms with Crippen molar-refractivity contribution < 1.29 is 9.50 Å². The molecule has 4 heteroatoms. The van der Waals surface area contributed by atoms with E-state index in [2.05, 4.69) is 5.32 Å². The third kappa shape index (κ3) is 2.54. The molecular weight excluding hydrogens is 229 g/mol. The molecule has 1 unspecified atom stereocenters. The van der Waals surface area contributed by atoms with Gasteiger partial charge in [-0.15, -0.1) is 0 Å². The van der Waals surface area contributed by atoms with Crippen molar-refractivity contribution in [3.05, 3.63) is 34.6 Å². The Labute approximate surface area is 99.4 Å². The first-order chi connectivity index (χ1) is 7.61. The Balaban J connectivity index is 2.19. The van der Waals surface area contributed by atoms with Crippen molar-refractivity contribution in [3.8, 4) is 0 Å². The van der Waals surface area contributed by atoms with E-state index in [1.165, 1.54) is 6.07 Å². The molecule has 0 aromatic heterocycles. The summed E-state index contributed by atoms with van der Waals surface area (Å²) in [5.74, 6) is -0.341. The van der Waals surface area contributed by atoms with Gasteiger partial charge in [0.15, 0.2) is 0 Å². The fourth-order valence-electron chi connectivity index (χ4n) is 2.13. The number of nitrogens with one attached hydrogen (secondary N) is 1. The van der Waals surface area contributed by atoms with Crippen molar-refractivity contribution in [2.75, 3.05) is 13.1 Å². The third-order valence-electron chi connectivity index (χ3n) is 3.02. The molecule has 1 aliphatic rings. The zero-order valence-electron chi connectivity index (χ0n) is 8.97. The fraction of sp³-hybridized carbons (Fsp3) is 0.500. The van der Waals surface area contributed by atoms with Crippen LogP contribution in [0.3, 0.4) is 0 Å². The lowest BCUT2D eigenvalue weighted by molar-refractivity contribution is 0.0162. The van der Waals surface area contributed by atoms with Gasteiger partial charge in [0.25, 0.3) is 0 Å². The maximum atomic E-state index is 13.6. The van der Waals surface area contributed by atoms with Crippen molar-refractivity contribution in [2.24, 2.45) is 0 Å². The highest BCUT2D eigenvalue weighted by Crippen LogP contribution is 2.27. The molecule has 16 heavy (non-hydrogen) atoms. The first-order valence-electron chi connectivity index (χ1n) is 5.47. The Morgan fingerprint density at radius 1 is 1.50 bits per heavy atom. The van der Waals surface area contributed by atoms with Gasteiger partial charge in [-0.2, -0.15) is 0 Å². The Bertz CT molecular complexity index is 357. The molecule has 1 aromatic carbocycles. The smallest absolute Gasteiger partial charge is 0.127 e. The molecule has 0 aliphatic carbocycles. The predicted octanol–water partition coefficient (Wildman–Crippen LogP) is 2.14. The molecule has 0 amide bonds. The van der Waals surface area contributed by atoms with Crippen LogP contribution in [0.1, 0.15) is 18.4 Å². The highest BCUT2D eigenvalue weighted by atomic mass is 35.5. The first-order valence-corrected chi connectivity index (χ1v) is 5.84. The molecule has 2 rings (SSSR count). The minimum absolute atomic E-state index is 0.269. The molecule has 1 heterocycles. The van der Waals surface area contributed by atoms with E-state index in [1.807, 2.05) is 0 Å². The van der Waals surface area contributed by atoms with Crippen molar-refractivity contribution in [1.82, 2.24) is 5.32 Å². The summed E-state index contributed by atoms with van der Waals surface area (Å²) in [5, 5.41) is 13.8. The minimum Gasteiger partial charge on any atom is -0.388 e. The average Bonchev–Trinajstić information content (AvgIpc) is 2.25. The Kier molecular flexibility index (Phi) is 3.47. The molecule has 1 aliphatic heterocycles.